The van der Waals surface area contributed by atoms with Gasteiger partial charge < -0.3 is 4.74 Å². The lowest BCUT2D eigenvalue weighted by atomic mass is 10.1. The van der Waals surface area contributed by atoms with Gasteiger partial charge in [-0.05, 0) is 31.0 Å². The molecule has 66 valence electrons. The molecule has 12 heavy (non-hydrogen) atoms. The van der Waals surface area contributed by atoms with Crippen LogP contribution in [0.2, 0.25) is 5.02 Å². The van der Waals surface area contributed by atoms with Gasteiger partial charge in [-0.2, -0.15) is 0 Å². The van der Waals surface area contributed by atoms with Gasteiger partial charge in [0.15, 0.2) is 0 Å². The van der Waals surface area contributed by atoms with Crippen molar-refractivity contribution in [3.8, 4) is 0 Å². The third-order valence-corrected chi connectivity index (χ3v) is 2.09. The zero-order valence-electron chi connectivity index (χ0n) is 7.38. The molecule has 0 N–H and O–H groups in total. The average Bonchev–Trinajstić information content (AvgIpc) is 2.09. The predicted octanol–water partition coefficient (Wildman–Crippen LogP) is 2.92. The van der Waals surface area contributed by atoms with Gasteiger partial charge >= 0.3 is 0 Å². The zero-order valence-corrected chi connectivity index (χ0v) is 8.14. The Morgan fingerprint density at radius 2 is 1.92 bits per heavy atom. The third kappa shape index (κ3) is 2.84. The molecule has 0 radical (unpaired) electrons. The quantitative estimate of drug-likeness (QED) is 0.702. The summed E-state index contributed by atoms with van der Waals surface area (Å²) < 4.78 is 5.15. The Bertz CT molecular complexity index is 230. The highest BCUT2D eigenvalue weighted by Gasteiger charge is 2.00. The lowest BCUT2D eigenvalue weighted by Crippen LogP contribution is -2.08. The van der Waals surface area contributed by atoms with E-state index in [2.05, 4.69) is 6.92 Å². The lowest BCUT2D eigenvalue weighted by molar-refractivity contribution is 0.119. The molecular weight excluding hydrogens is 172 g/mol. The summed E-state index contributed by atoms with van der Waals surface area (Å²) in [5.41, 5.74) is 1.26. The van der Waals surface area contributed by atoms with E-state index in [1.165, 1.54) is 5.56 Å². The van der Waals surface area contributed by atoms with Crippen molar-refractivity contribution in [2.75, 3.05) is 7.11 Å². The second-order valence-electron chi connectivity index (χ2n) is 2.88. The van der Waals surface area contributed by atoms with Crippen molar-refractivity contribution < 1.29 is 4.74 Å². The lowest BCUT2D eigenvalue weighted by Gasteiger charge is -2.08. The van der Waals surface area contributed by atoms with E-state index in [1.54, 1.807) is 7.11 Å². The van der Waals surface area contributed by atoms with Gasteiger partial charge in [-0.25, -0.2) is 0 Å². The molecule has 0 aliphatic carbocycles. The first-order chi connectivity index (χ1) is 5.72. The minimum Gasteiger partial charge on any atom is -0.381 e. The largest absolute Gasteiger partial charge is 0.381 e. The number of ether oxygens (including phenoxy) is 1. The van der Waals surface area contributed by atoms with Crippen molar-refractivity contribution in [2.24, 2.45) is 0 Å². The summed E-state index contributed by atoms with van der Waals surface area (Å²) >= 11 is 5.75. The van der Waals surface area contributed by atoms with Crippen LogP contribution in [0.3, 0.4) is 0 Å². The molecule has 0 fully saturated rings. The number of rotatable bonds is 3. The molecule has 0 aliphatic rings. The topological polar surface area (TPSA) is 9.23 Å². The predicted molar refractivity (Wildman–Crippen MR) is 51.6 cm³/mol. The van der Waals surface area contributed by atoms with Crippen molar-refractivity contribution in [2.45, 2.75) is 19.4 Å². The summed E-state index contributed by atoms with van der Waals surface area (Å²) in [5, 5.41) is 0.781. The second kappa shape index (κ2) is 4.48. The van der Waals surface area contributed by atoms with Crippen molar-refractivity contribution in [1.82, 2.24) is 0 Å². The maximum absolute atomic E-state index is 5.75. The van der Waals surface area contributed by atoms with Crippen molar-refractivity contribution in [1.29, 1.82) is 0 Å². The highest BCUT2D eigenvalue weighted by molar-refractivity contribution is 6.30. The van der Waals surface area contributed by atoms with Crippen LogP contribution < -0.4 is 0 Å². The molecule has 1 unspecified atom stereocenters. The zero-order chi connectivity index (χ0) is 8.97. The van der Waals surface area contributed by atoms with Gasteiger partial charge in [0.05, 0.1) is 6.10 Å². The summed E-state index contributed by atoms with van der Waals surface area (Å²) in [6.07, 6.45) is 1.21. The first-order valence-corrected chi connectivity index (χ1v) is 4.37. The molecule has 0 saturated heterocycles. The van der Waals surface area contributed by atoms with Crippen molar-refractivity contribution >= 4 is 11.6 Å². The SMILES string of the molecule is COC(C)Cc1ccc(Cl)cc1. The van der Waals surface area contributed by atoms with E-state index < -0.39 is 0 Å². The van der Waals surface area contributed by atoms with E-state index >= 15 is 0 Å². The number of hydrogen-bond donors (Lipinski definition) is 0. The fourth-order valence-electron chi connectivity index (χ4n) is 1.04. The number of halogens is 1. The van der Waals surface area contributed by atoms with Crippen LogP contribution in [0.15, 0.2) is 24.3 Å². The first-order valence-electron chi connectivity index (χ1n) is 3.99. The van der Waals surface area contributed by atoms with Crippen LogP contribution in [0.5, 0.6) is 0 Å². The normalized spacial score (nSPS) is 12.9. The summed E-state index contributed by atoms with van der Waals surface area (Å²) in [7, 11) is 1.72. The minimum absolute atomic E-state index is 0.270. The van der Waals surface area contributed by atoms with Crippen molar-refractivity contribution in [3.63, 3.8) is 0 Å². The highest BCUT2D eigenvalue weighted by Crippen LogP contribution is 2.11. The molecule has 2 heteroatoms. The maximum atomic E-state index is 5.75. The van der Waals surface area contributed by atoms with E-state index in [0.717, 1.165) is 11.4 Å². The molecule has 0 saturated carbocycles. The Morgan fingerprint density at radius 3 is 2.42 bits per heavy atom. The molecule has 0 aromatic heterocycles. The van der Waals surface area contributed by atoms with Crippen LogP contribution >= 0.6 is 11.6 Å². The summed E-state index contributed by atoms with van der Waals surface area (Å²) in [4.78, 5) is 0. The molecule has 1 atom stereocenters. The fourth-order valence-corrected chi connectivity index (χ4v) is 1.16. The van der Waals surface area contributed by atoms with E-state index in [1.807, 2.05) is 24.3 Å². The molecule has 0 aliphatic heterocycles. The summed E-state index contributed by atoms with van der Waals surface area (Å²) in [6, 6.07) is 7.86. The average molecular weight is 185 g/mol. The Labute approximate surface area is 78.3 Å². The summed E-state index contributed by atoms with van der Waals surface area (Å²) in [6.45, 7) is 2.05. The van der Waals surface area contributed by atoms with Gasteiger partial charge in [0, 0.05) is 12.1 Å². The van der Waals surface area contributed by atoms with Gasteiger partial charge in [0.25, 0.3) is 0 Å². The summed E-state index contributed by atoms with van der Waals surface area (Å²) in [5.74, 6) is 0. The molecule has 1 aromatic carbocycles. The monoisotopic (exact) mass is 184 g/mol. The number of hydrogen-bond acceptors (Lipinski definition) is 1. The molecule has 0 heterocycles. The van der Waals surface area contributed by atoms with Crippen molar-refractivity contribution in [3.05, 3.63) is 34.9 Å². The molecule has 0 spiro atoms. The number of benzene rings is 1. The highest BCUT2D eigenvalue weighted by atomic mass is 35.5. The van der Waals surface area contributed by atoms with Gasteiger partial charge in [-0.1, -0.05) is 23.7 Å². The molecular formula is C10H13ClO. The van der Waals surface area contributed by atoms with Crippen LogP contribution in [0, 0.1) is 0 Å². The van der Waals surface area contributed by atoms with E-state index in [4.69, 9.17) is 16.3 Å². The standard InChI is InChI=1S/C10H13ClO/c1-8(12-2)7-9-3-5-10(11)6-4-9/h3-6,8H,7H2,1-2H3. The van der Waals surface area contributed by atoms with Gasteiger partial charge in [0.2, 0.25) is 0 Å². The van der Waals surface area contributed by atoms with Gasteiger partial charge in [0.1, 0.15) is 0 Å². The molecule has 0 amide bonds. The fraction of sp³-hybridized carbons (Fsp3) is 0.400. The van der Waals surface area contributed by atoms with Crippen LogP contribution in [0.1, 0.15) is 12.5 Å². The Balaban J connectivity index is 2.58. The smallest absolute Gasteiger partial charge is 0.0583 e. The van der Waals surface area contributed by atoms with E-state index in [-0.39, 0.29) is 6.10 Å². The molecule has 1 rings (SSSR count). The van der Waals surface area contributed by atoms with E-state index in [9.17, 15) is 0 Å². The Hall–Kier alpha value is -0.530. The maximum Gasteiger partial charge on any atom is 0.0583 e. The van der Waals surface area contributed by atoms with Gasteiger partial charge in [-0.3, -0.25) is 0 Å². The van der Waals surface area contributed by atoms with Crippen LogP contribution in [0.4, 0.5) is 0 Å². The Kier molecular flexibility index (Phi) is 3.57. The number of methoxy groups -OCH3 is 1. The van der Waals surface area contributed by atoms with Gasteiger partial charge in [-0.15, -0.1) is 0 Å². The Morgan fingerprint density at radius 1 is 1.33 bits per heavy atom. The molecule has 0 bridgehead atoms. The molecule has 1 nitrogen and oxygen atoms in total. The second-order valence-corrected chi connectivity index (χ2v) is 3.31. The minimum atomic E-state index is 0.270. The van der Waals surface area contributed by atoms with E-state index in [0.29, 0.717) is 0 Å². The first kappa shape index (κ1) is 9.56. The van der Waals surface area contributed by atoms with Crippen LogP contribution in [-0.2, 0) is 11.2 Å². The third-order valence-electron chi connectivity index (χ3n) is 1.84. The van der Waals surface area contributed by atoms with Crippen LogP contribution in [0.25, 0.3) is 0 Å². The van der Waals surface area contributed by atoms with Crippen LogP contribution in [-0.4, -0.2) is 13.2 Å². The molecule has 1 aromatic rings.